The average Bonchev–Trinajstić information content (AvgIpc) is 3.12. The number of fused-ring (bicyclic) bond motifs is 1. The van der Waals surface area contributed by atoms with Gasteiger partial charge in [0, 0.05) is 23.5 Å². The number of rotatable bonds is 6. The first-order valence-electron chi connectivity index (χ1n) is 8.57. The number of benzene rings is 1. The number of nitrogens with one attached hydrogen (secondary N) is 2. The summed E-state index contributed by atoms with van der Waals surface area (Å²) in [7, 11) is 0. The summed E-state index contributed by atoms with van der Waals surface area (Å²) < 4.78 is 0. The van der Waals surface area contributed by atoms with Crippen molar-refractivity contribution >= 4 is 22.8 Å². The number of carbonyl (C=O) groups excluding carboxylic acids is 1. The van der Waals surface area contributed by atoms with Gasteiger partial charge in [-0.15, -0.1) is 0 Å². The molecule has 0 aliphatic heterocycles. The van der Waals surface area contributed by atoms with Gasteiger partial charge in [0.1, 0.15) is 0 Å². The SMILES string of the molecule is Cc1cccc2c(CCC(=O)NC3(CC(=O)O)CCCC3)c[nH]c12. The maximum atomic E-state index is 12.4. The summed E-state index contributed by atoms with van der Waals surface area (Å²) in [5, 5.41) is 13.3. The maximum Gasteiger partial charge on any atom is 0.305 e. The van der Waals surface area contributed by atoms with Crippen molar-refractivity contribution in [1.82, 2.24) is 10.3 Å². The molecule has 1 fully saturated rings. The summed E-state index contributed by atoms with van der Waals surface area (Å²) in [4.78, 5) is 26.8. The van der Waals surface area contributed by atoms with Crippen molar-refractivity contribution in [1.29, 1.82) is 0 Å². The Morgan fingerprint density at radius 2 is 2.04 bits per heavy atom. The van der Waals surface area contributed by atoms with Crippen molar-refractivity contribution in [2.45, 2.75) is 57.4 Å². The molecule has 3 rings (SSSR count). The fourth-order valence-corrected chi connectivity index (χ4v) is 3.86. The van der Waals surface area contributed by atoms with Crippen LogP contribution >= 0.6 is 0 Å². The van der Waals surface area contributed by atoms with Crippen LogP contribution in [0.3, 0.4) is 0 Å². The summed E-state index contributed by atoms with van der Waals surface area (Å²) in [6.45, 7) is 2.06. The Bertz CT molecular complexity index is 757. The van der Waals surface area contributed by atoms with Gasteiger partial charge in [0.25, 0.3) is 0 Å². The van der Waals surface area contributed by atoms with Gasteiger partial charge in [0.05, 0.1) is 12.0 Å². The zero-order valence-electron chi connectivity index (χ0n) is 14.0. The van der Waals surface area contributed by atoms with Gasteiger partial charge >= 0.3 is 5.97 Å². The summed E-state index contributed by atoms with van der Waals surface area (Å²) in [6.07, 6.45) is 6.50. The fraction of sp³-hybridized carbons (Fsp3) is 0.474. The smallest absolute Gasteiger partial charge is 0.305 e. The number of carbonyl (C=O) groups is 2. The first-order chi connectivity index (χ1) is 11.5. The first kappa shape index (κ1) is 16.6. The molecule has 1 aromatic heterocycles. The van der Waals surface area contributed by atoms with Gasteiger partial charge in [-0.2, -0.15) is 0 Å². The molecule has 3 N–H and O–H groups in total. The van der Waals surface area contributed by atoms with Crippen LogP contribution in [-0.4, -0.2) is 27.5 Å². The third kappa shape index (κ3) is 3.45. The number of aliphatic carboxylic acids is 1. The van der Waals surface area contributed by atoms with E-state index < -0.39 is 11.5 Å². The Morgan fingerprint density at radius 3 is 2.75 bits per heavy atom. The van der Waals surface area contributed by atoms with Gasteiger partial charge in [-0.25, -0.2) is 0 Å². The van der Waals surface area contributed by atoms with Crippen LogP contribution in [0.4, 0.5) is 0 Å². The number of aromatic nitrogens is 1. The second-order valence-electron chi connectivity index (χ2n) is 6.92. The predicted molar refractivity (Wildman–Crippen MR) is 93.0 cm³/mol. The van der Waals surface area contributed by atoms with Crippen molar-refractivity contribution in [2.75, 3.05) is 0 Å². The van der Waals surface area contributed by atoms with Crippen LogP contribution in [0.2, 0.25) is 0 Å². The number of carboxylic acids is 1. The molecule has 5 heteroatoms. The number of H-pyrrole nitrogens is 1. The third-order valence-corrected chi connectivity index (χ3v) is 5.09. The average molecular weight is 328 g/mol. The first-order valence-corrected chi connectivity index (χ1v) is 8.57. The summed E-state index contributed by atoms with van der Waals surface area (Å²) >= 11 is 0. The van der Waals surface area contributed by atoms with E-state index in [4.69, 9.17) is 5.11 Å². The molecule has 1 aromatic carbocycles. The molecule has 0 radical (unpaired) electrons. The lowest BCUT2D eigenvalue weighted by Crippen LogP contribution is -2.47. The molecule has 1 amide bonds. The Kier molecular flexibility index (Phi) is 4.60. The molecule has 128 valence electrons. The lowest BCUT2D eigenvalue weighted by molar-refractivity contribution is -0.139. The fourth-order valence-electron chi connectivity index (χ4n) is 3.86. The molecule has 0 atom stereocenters. The number of aryl methyl sites for hydroxylation is 2. The standard InChI is InChI=1S/C19H24N2O3/c1-13-5-4-6-15-14(12-20-18(13)15)7-8-16(22)21-19(11-17(23)24)9-2-3-10-19/h4-6,12,20H,2-3,7-11H2,1H3,(H,21,22)(H,23,24). The highest BCUT2D eigenvalue weighted by Gasteiger charge is 2.37. The minimum Gasteiger partial charge on any atom is -0.481 e. The molecule has 1 aliphatic carbocycles. The molecule has 1 heterocycles. The Balaban J connectivity index is 1.64. The maximum absolute atomic E-state index is 12.4. The predicted octanol–water partition coefficient (Wildman–Crippen LogP) is 3.31. The molecule has 1 saturated carbocycles. The van der Waals surface area contributed by atoms with E-state index in [0.717, 1.165) is 42.1 Å². The normalized spacial score (nSPS) is 16.4. The Hall–Kier alpha value is -2.30. The van der Waals surface area contributed by atoms with E-state index in [9.17, 15) is 9.59 Å². The van der Waals surface area contributed by atoms with Crippen LogP contribution in [0.15, 0.2) is 24.4 Å². The lowest BCUT2D eigenvalue weighted by Gasteiger charge is -2.28. The Morgan fingerprint density at radius 1 is 1.29 bits per heavy atom. The molecular formula is C19H24N2O3. The van der Waals surface area contributed by atoms with Crippen molar-refractivity contribution in [3.8, 4) is 0 Å². The van der Waals surface area contributed by atoms with E-state index in [0.29, 0.717) is 12.8 Å². The van der Waals surface area contributed by atoms with Crippen LogP contribution in [0, 0.1) is 6.92 Å². The van der Waals surface area contributed by atoms with Crippen LogP contribution in [-0.2, 0) is 16.0 Å². The van der Waals surface area contributed by atoms with Gasteiger partial charge in [-0.05, 0) is 37.3 Å². The van der Waals surface area contributed by atoms with Crippen molar-refractivity contribution in [3.63, 3.8) is 0 Å². The lowest BCUT2D eigenvalue weighted by atomic mass is 9.92. The van der Waals surface area contributed by atoms with Crippen molar-refractivity contribution in [2.24, 2.45) is 0 Å². The zero-order chi connectivity index (χ0) is 17.2. The van der Waals surface area contributed by atoms with E-state index in [-0.39, 0.29) is 12.3 Å². The number of carboxylic acid groups (broad SMARTS) is 1. The minimum absolute atomic E-state index is 0.0189. The van der Waals surface area contributed by atoms with Gasteiger partial charge in [0.2, 0.25) is 5.91 Å². The van der Waals surface area contributed by atoms with Crippen LogP contribution in [0.5, 0.6) is 0 Å². The number of para-hydroxylation sites is 1. The molecule has 0 saturated heterocycles. The highest BCUT2D eigenvalue weighted by atomic mass is 16.4. The monoisotopic (exact) mass is 328 g/mol. The molecule has 0 bridgehead atoms. The number of aromatic amines is 1. The topological polar surface area (TPSA) is 82.2 Å². The van der Waals surface area contributed by atoms with Crippen molar-refractivity contribution < 1.29 is 14.7 Å². The number of hydrogen-bond acceptors (Lipinski definition) is 2. The third-order valence-electron chi connectivity index (χ3n) is 5.09. The molecular weight excluding hydrogens is 304 g/mol. The number of amides is 1. The van der Waals surface area contributed by atoms with Gasteiger partial charge in [-0.3, -0.25) is 9.59 Å². The van der Waals surface area contributed by atoms with E-state index >= 15 is 0 Å². The van der Waals surface area contributed by atoms with Crippen molar-refractivity contribution in [3.05, 3.63) is 35.5 Å². The van der Waals surface area contributed by atoms with Crippen LogP contribution in [0.1, 0.15) is 49.7 Å². The zero-order valence-corrected chi connectivity index (χ0v) is 14.0. The molecule has 0 unspecified atom stereocenters. The Labute approximate surface area is 141 Å². The quantitative estimate of drug-likeness (QED) is 0.761. The van der Waals surface area contributed by atoms with Crippen LogP contribution < -0.4 is 5.32 Å². The van der Waals surface area contributed by atoms with Crippen LogP contribution in [0.25, 0.3) is 10.9 Å². The molecule has 5 nitrogen and oxygen atoms in total. The second-order valence-corrected chi connectivity index (χ2v) is 6.92. The molecule has 2 aromatic rings. The highest BCUT2D eigenvalue weighted by molar-refractivity contribution is 5.86. The largest absolute Gasteiger partial charge is 0.481 e. The second kappa shape index (κ2) is 6.67. The van der Waals surface area contributed by atoms with E-state index in [1.54, 1.807) is 0 Å². The number of hydrogen-bond donors (Lipinski definition) is 3. The van der Waals surface area contributed by atoms with E-state index in [1.807, 2.05) is 12.3 Å². The van der Waals surface area contributed by atoms with Gasteiger partial charge < -0.3 is 15.4 Å². The molecule has 24 heavy (non-hydrogen) atoms. The molecule has 0 spiro atoms. The van der Waals surface area contributed by atoms with E-state index in [2.05, 4.69) is 29.4 Å². The summed E-state index contributed by atoms with van der Waals surface area (Å²) in [5.41, 5.74) is 2.89. The minimum atomic E-state index is -0.843. The van der Waals surface area contributed by atoms with Gasteiger partial charge in [-0.1, -0.05) is 31.0 Å². The summed E-state index contributed by atoms with van der Waals surface area (Å²) in [6, 6.07) is 6.15. The van der Waals surface area contributed by atoms with Gasteiger partial charge in [0.15, 0.2) is 0 Å². The highest BCUT2D eigenvalue weighted by Crippen LogP contribution is 2.33. The van der Waals surface area contributed by atoms with E-state index in [1.165, 1.54) is 5.56 Å². The molecule has 1 aliphatic rings. The summed E-state index contributed by atoms with van der Waals surface area (Å²) in [5.74, 6) is -0.899.